The number of hydrogen-bond donors (Lipinski definition) is 2. The van der Waals surface area contributed by atoms with E-state index in [4.69, 9.17) is 4.74 Å². The zero-order valence-corrected chi connectivity index (χ0v) is 16.5. The summed E-state index contributed by atoms with van der Waals surface area (Å²) in [6.45, 7) is 3.47. The maximum absolute atomic E-state index is 11.8. The van der Waals surface area contributed by atoms with Crippen LogP contribution in [-0.2, 0) is 17.9 Å². The first-order valence-electron chi connectivity index (χ1n) is 8.38. The van der Waals surface area contributed by atoms with E-state index in [9.17, 15) is 4.79 Å². The first kappa shape index (κ1) is 19.8. The largest absolute Gasteiger partial charge is 0.497 e. The molecule has 1 heterocycles. The fourth-order valence-corrected chi connectivity index (χ4v) is 2.97. The summed E-state index contributed by atoms with van der Waals surface area (Å²) in [4.78, 5) is 20.5. The first-order valence-corrected chi connectivity index (χ1v) is 9.20. The Morgan fingerprint density at radius 3 is 2.46 bits per heavy atom. The number of aliphatic imine (C=N–C) groups is 1. The number of ether oxygens (including phenoxy) is 1. The average molecular weight is 375 g/mol. The molecule has 0 radical (unpaired) electrons. The van der Waals surface area contributed by atoms with Crippen molar-refractivity contribution in [1.29, 1.82) is 0 Å². The first-order chi connectivity index (χ1) is 12.5. The molecule has 0 fully saturated rings. The molecule has 7 heteroatoms. The quantitative estimate of drug-likeness (QED) is 0.577. The van der Waals surface area contributed by atoms with Crippen LogP contribution >= 0.6 is 11.3 Å². The third-order valence-electron chi connectivity index (χ3n) is 3.71. The number of carbonyl (C=O) groups is 1. The molecular weight excluding hydrogens is 348 g/mol. The lowest BCUT2D eigenvalue weighted by Gasteiger charge is -2.14. The minimum atomic E-state index is -0.00378. The summed E-state index contributed by atoms with van der Waals surface area (Å²) in [5, 5.41) is 6.39. The topological polar surface area (TPSA) is 66.0 Å². The summed E-state index contributed by atoms with van der Waals surface area (Å²) in [5.41, 5.74) is 1.07. The van der Waals surface area contributed by atoms with Gasteiger partial charge in [-0.05, 0) is 36.8 Å². The van der Waals surface area contributed by atoms with Gasteiger partial charge in [0.05, 0.1) is 26.7 Å². The van der Waals surface area contributed by atoms with Gasteiger partial charge >= 0.3 is 0 Å². The lowest BCUT2D eigenvalue weighted by molar-refractivity contribution is -0.127. The van der Waals surface area contributed by atoms with Gasteiger partial charge in [0.2, 0.25) is 5.91 Å². The molecule has 0 saturated heterocycles. The Balaban J connectivity index is 2.00. The van der Waals surface area contributed by atoms with Crippen molar-refractivity contribution in [3.05, 3.63) is 51.7 Å². The maximum atomic E-state index is 11.8. The van der Waals surface area contributed by atoms with Crippen molar-refractivity contribution in [1.82, 2.24) is 15.5 Å². The number of guanidine groups is 1. The normalized spacial score (nSPS) is 11.2. The number of carbonyl (C=O) groups excluding carboxylic acids is 1. The Bertz CT molecular complexity index is 738. The SMILES string of the molecule is COc1ccc(CN=C(NCC(=O)N(C)C)NCc2ccc(C)s2)cc1. The van der Waals surface area contributed by atoms with Gasteiger partial charge in [0.25, 0.3) is 0 Å². The predicted octanol–water partition coefficient (Wildman–Crippen LogP) is 2.39. The van der Waals surface area contributed by atoms with Crippen molar-refractivity contribution in [2.45, 2.75) is 20.0 Å². The molecule has 0 atom stereocenters. The van der Waals surface area contributed by atoms with Crippen molar-refractivity contribution in [3.8, 4) is 5.75 Å². The number of nitrogens with zero attached hydrogens (tertiary/aromatic N) is 2. The monoisotopic (exact) mass is 374 g/mol. The van der Waals surface area contributed by atoms with Crippen LogP contribution in [0.3, 0.4) is 0 Å². The highest BCUT2D eigenvalue weighted by Crippen LogP contribution is 2.14. The van der Waals surface area contributed by atoms with Crippen LogP contribution in [0.5, 0.6) is 5.75 Å². The number of thiophene rings is 1. The van der Waals surface area contributed by atoms with E-state index in [1.807, 2.05) is 24.3 Å². The summed E-state index contributed by atoms with van der Waals surface area (Å²) in [6.07, 6.45) is 0. The third-order valence-corrected chi connectivity index (χ3v) is 4.71. The van der Waals surface area contributed by atoms with Gasteiger partial charge in [-0.25, -0.2) is 4.99 Å². The molecule has 0 saturated carbocycles. The zero-order valence-electron chi connectivity index (χ0n) is 15.7. The molecule has 0 aliphatic heterocycles. The van der Waals surface area contributed by atoms with Gasteiger partial charge in [0.1, 0.15) is 5.75 Å². The second-order valence-corrected chi connectivity index (χ2v) is 7.39. The van der Waals surface area contributed by atoms with Crippen LogP contribution in [-0.4, -0.2) is 44.5 Å². The molecule has 0 unspecified atom stereocenters. The number of methoxy groups -OCH3 is 1. The molecule has 2 aromatic rings. The van der Waals surface area contributed by atoms with Crippen LogP contribution in [0.25, 0.3) is 0 Å². The Hall–Kier alpha value is -2.54. The van der Waals surface area contributed by atoms with Crippen molar-refractivity contribution >= 4 is 23.2 Å². The molecule has 2 rings (SSSR count). The summed E-state index contributed by atoms with van der Waals surface area (Å²) >= 11 is 1.74. The average Bonchev–Trinajstić information content (AvgIpc) is 3.06. The molecule has 6 nitrogen and oxygen atoms in total. The Morgan fingerprint density at radius 2 is 1.88 bits per heavy atom. The third kappa shape index (κ3) is 6.40. The Morgan fingerprint density at radius 1 is 1.15 bits per heavy atom. The van der Waals surface area contributed by atoms with Crippen molar-refractivity contribution < 1.29 is 9.53 Å². The molecule has 2 N–H and O–H groups in total. The van der Waals surface area contributed by atoms with E-state index in [1.165, 1.54) is 9.75 Å². The van der Waals surface area contributed by atoms with Gasteiger partial charge in [-0.2, -0.15) is 0 Å². The number of hydrogen-bond acceptors (Lipinski definition) is 4. The molecule has 140 valence electrons. The molecule has 1 aromatic carbocycles. The zero-order chi connectivity index (χ0) is 18.9. The highest BCUT2D eigenvalue weighted by Gasteiger charge is 2.06. The van der Waals surface area contributed by atoms with Crippen molar-refractivity contribution in [3.63, 3.8) is 0 Å². The Labute approximate surface area is 158 Å². The van der Waals surface area contributed by atoms with Crippen LogP contribution in [0.15, 0.2) is 41.4 Å². The van der Waals surface area contributed by atoms with Crippen LogP contribution in [0.4, 0.5) is 0 Å². The van der Waals surface area contributed by atoms with Crippen LogP contribution in [0.1, 0.15) is 15.3 Å². The van der Waals surface area contributed by atoms with Gasteiger partial charge in [-0.1, -0.05) is 12.1 Å². The van der Waals surface area contributed by atoms with Crippen LogP contribution in [0.2, 0.25) is 0 Å². The summed E-state index contributed by atoms with van der Waals surface area (Å²) in [5.74, 6) is 1.43. The molecular formula is C19H26N4O2S. The van der Waals surface area contributed by atoms with E-state index < -0.39 is 0 Å². The lowest BCUT2D eigenvalue weighted by Crippen LogP contribution is -2.42. The van der Waals surface area contributed by atoms with E-state index in [2.05, 4.69) is 34.7 Å². The molecule has 1 aromatic heterocycles. The lowest BCUT2D eigenvalue weighted by atomic mass is 10.2. The van der Waals surface area contributed by atoms with E-state index in [0.29, 0.717) is 19.0 Å². The van der Waals surface area contributed by atoms with Gasteiger partial charge in [0.15, 0.2) is 5.96 Å². The van der Waals surface area contributed by atoms with E-state index in [0.717, 1.165) is 11.3 Å². The predicted molar refractivity (Wildman–Crippen MR) is 107 cm³/mol. The Kier molecular flexibility index (Phi) is 7.47. The highest BCUT2D eigenvalue weighted by molar-refractivity contribution is 7.11. The molecule has 0 spiro atoms. The minimum absolute atomic E-state index is 0.00378. The molecule has 0 aliphatic carbocycles. The van der Waals surface area contributed by atoms with Gasteiger partial charge in [-0.15, -0.1) is 11.3 Å². The number of nitrogens with one attached hydrogen (secondary N) is 2. The van der Waals surface area contributed by atoms with E-state index in [-0.39, 0.29) is 12.5 Å². The second-order valence-electron chi connectivity index (χ2n) is 6.02. The number of amides is 1. The van der Waals surface area contributed by atoms with Crippen LogP contribution in [0, 0.1) is 6.92 Å². The summed E-state index contributed by atoms with van der Waals surface area (Å²) in [6, 6.07) is 12.0. The summed E-state index contributed by atoms with van der Waals surface area (Å²) in [7, 11) is 5.12. The molecule has 0 aliphatic rings. The maximum Gasteiger partial charge on any atom is 0.241 e. The molecule has 0 bridgehead atoms. The van der Waals surface area contributed by atoms with E-state index >= 15 is 0 Å². The minimum Gasteiger partial charge on any atom is -0.497 e. The standard InChI is InChI=1S/C19H26N4O2S/c1-14-5-10-17(26-14)12-21-19(22-13-18(24)23(2)3)20-11-15-6-8-16(25-4)9-7-15/h5-10H,11-13H2,1-4H3,(H2,20,21,22). The second kappa shape index (κ2) is 9.82. The fourth-order valence-electron chi connectivity index (χ4n) is 2.14. The molecule has 1 amide bonds. The van der Waals surface area contributed by atoms with Gasteiger partial charge < -0.3 is 20.3 Å². The number of aryl methyl sites for hydroxylation is 1. The van der Waals surface area contributed by atoms with Crippen molar-refractivity contribution in [2.75, 3.05) is 27.7 Å². The summed E-state index contributed by atoms with van der Waals surface area (Å²) < 4.78 is 5.17. The molecule has 26 heavy (non-hydrogen) atoms. The number of rotatable bonds is 7. The van der Waals surface area contributed by atoms with Crippen molar-refractivity contribution in [2.24, 2.45) is 4.99 Å². The van der Waals surface area contributed by atoms with Gasteiger partial charge in [0, 0.05) is 23.8 Å². The highest BCUT2D eigenvalue weighted by atomic mass is 32.1. The van der Waals surface area contributed by atoms with Gasteiger partial charge in [-0.3, -0.25) is 4.79 Å². The number of benzene rings is 1. The fraction of sp³-hybridized carbons (Fsp3) is 0.368. The smallest absolute Gasteiger partial charge is 0.241 e. The van der Waals surface area contributed by atoms with E-state index in [1.54, 1.807) is 37.4 Å². The van der Waals surface area contributed by atoms with Crippen LogP contribution < -0.4 is 15.4 Å². The number of likely N-dealkylation sites (N-methyl/N-ethyl adjacent to an activating group) is 1.